The number of unbranched alkanes of at least 4 members (excludes halogenated alkanes) is 7. The average molecular weight is 276 g/mol. The fourth-order valence-electron chi connectivity index (χ4n) is 2.75. The van der Waals surface area contributed by atoms with E-state index in [1.54, 1.807) is 0 Å². The highest BCUT2D eigenvalue weighted by molar-refractivity contribution is 5.25. The maximum absolute atomic E-state index is 6.26. The van der Waals surface area contributed by atoms with Crippen LogP contribution in [0, 0.1) is 13.8 Å². The highest BCUT2D eigenvalue weighted by Crippen LogP contribution is 2.20. The fraction of sp³-hybridized carbons (Fsp3) is 0.722. The molecule has 0 radical (unpaired) electrons. The van der Waals surface area contributed by atoms with Gasteiger partial charge in [-0.25, -0.2) is 0 Å². The van der Waals surface area contributed by atoms with Crippen molar-refractivity contribution in [1.29, 1.82) is 0 Å². The zero-order chi connectivity index (χ0) is 14.8. The molecule has 2 heteroatoms. The number of rotatable bonds is 10. The Balaban J connectivity index is 2.15. The zero-order valence-electron chi connectivity index (χ0n) is 13.6. The van der Waals surface area contributed by atoms with Crippen LogP contribution in [-0.4, -0.2) is 4.98 Å². The number of hydrogen-bond acceptors (Lipinski definition) is 2. The molecule has 0 amide bonds. The van der Waals surface area contributed by atoms with Crippen molar-refractivity contribution in [2.45, 2.75) is 84.6 Å². The van der Waals surface area contributed by atoms with E-state index in [-0.39, 0.29) is 6.04 Å². The van der Waals surface area contributed by atoms with Crippen LogP contribution in [0.5, 0.6) is 0 Å². The number of nitrogens with two attached hydrogens (primary N) is 1. The van der Waals surface area contributed by atoms with Crippen LogP contribution in [0.4, 0.5) is 0 Å². The summed E-state index contributed by atoms with van der Waals surface area (Å²) >= 11 is 0. The summed E-state index contributed by atoms with van der Waals surface area (Å²) in [6.45, 7) is 6.46. The van der Waals surface area contributed by atoms with Gasteiger partial charge in [-0.05, 0) is 31.4 Å². The van der Waals surface area contributed by atoms with Crippen molar-refractivity contribution < 1.29 is 0 Å². The number of aromatic nitrogens is 1. The van der Waals surface area contributed by atoms with E-state index in [9.17, 15) is 0 Å². The van der Waals surface area contributed by atoms with Crippen LogP contribution in [0.2, 0.25) is 0 Å². The standard InChI is InChI=1S/C18H32N2/c1-4-5-6-7-8-9-10-11-12-17(19)18-16(3)13-15(2)14-20-18/h13-14,17H,4-12,19H2,1-3H3. The Morgan fingerprint density at radius 2 is 1.60 bits per heavy atom. The smallest absolute Gasteiger partial charge is 0.0600 e. The summed E-state index contributed by atoms with van der Waals surface area (Å²) in [5, 5.41) is 0. The first-order valence-electron chi connectivity index (χ1n) is 8.34. The van der Waals surface area contributed by atoms with Crippen molar-refractivity contribution in [2.75, 3.05) is 0 Å². The summed E-state index contributed by atoms with van der Waals surface area (Å²) in [5.74, 6) is 0. The number of nitrogens with zero attached hydrogens (tertiary/aromatic N) is 1. The van der Waals surface area contributed by atoms with E-state index >= 15 is 0 Å². The number of aryl methyl sites for hydroxylation is 2. The lowest BCUT2D eigenvalue weighted by atomic mass is 10.0. The van der Waals surface area contributed by atoms with Crippen LogP contribution < -0.4 is 5.73 Å². The molecule has 0 aliphatic rings. The van der Waals surface area contributed by atoms with Gasteiger partial charge in [-0.1, -0.05) is 64.4 Å². The van der Waals surface area contributed by atoms with Gasteiger partial charge in [0.15, 0.2) is 0 Å². The van der Waals surface area contributed by atoms with Gasteiger partial charge in [-0.3, -0.25) is 4.98 Å². The maximum atomic E-state index is 6.26. The predicted octanol–water partition coefficient (Wildman–Crippen LogP) is 5.23. The van der Waals surface area contributed by atoms with Gasteiger partial charge in [-0.2, -0.15) is 0 Å². The fourth-order valence-corrected chi connectivity index (χ4v) is 2.75. The molecule has 1 aromatic heterocycles. The molecule has 1 unspecified atom stereocenters. The molecule has 0 aromatic carbocycles. The second-order valence-electron chi connectivity index (χ2n) is 6.08. The highest BCUT2D eigenvalue weighted by Gasteiger charge is 2.10. The molecule has 0 bridgehead atoms. The van der Waals surface area contributed by atoms with E-state index in [0.29, 0.717) is 0 Å². The van der Waals surface area contributed by atoms with Crippen molar-refractivity contribution in [3.63, 3.8) is 0 Å². The van der Waals surface area contributed by atoms with Crippen LogP contribution in [0.1, 0.15) is 87.6 Å². The lowest BCUT2D eigenvalue weighted by Gasteiger charge is -2.14. The maximum Gasteiger partial charge on any atom is 0.0600 e. The molecule has 114 valence electrons. The Morgan fingerprint density at radius 1 is 1.00 bits per heavy atom. The van der Waals surface area contributed by atoms with Crippen molar-refractivity contribution in [2.24, 2.45) is 5.73 Å². The molecule has 2 nitrogen and oxygen atoms in total. The average Bonchev–Trinajstić information content (AvgIpc) is 2.41. The third-order valence-electron chi connectivity index (χ3n) is 3.98. The van der Waals surface area contributed by atoms with E-state index < -0.39 is 0 Å². The van der Waals surface area contributed by atoms with E-state index in [1.807, 2.05) is 6.20 Å². The zero-order valence-corrected chi connectivity index (χ0v) is 13.6. The largest absolute Gasteiger partial charge is 0.323 e. The molecule has 0 aliphatic heterocycles. The second-order valence-corrected chi connectivity index (χ2v) is 6.08. The third kappa shape index (κ3) is 6.51. The van der Waals surface area contributed by atoms with Gasteiger partial charge in [0.2, 0.25) is 0 Å². The molecule has 0 saturated carbocycles. The quantitative estimate of drug-likeness (QED) is 0.594. The van der Waals surface area contributed by atoms with Crippen molar-refractivity contribution in [3.05, 3.63) is 29.1 Å². The SMILES string of the molecule is CCCCCCCCCCC(N)c1ncc(C)cc1C. The van der Waals surface area contributed by atoms with E-state index in [1.165, 1.54) is 62.5 Å². The molecule has 1 atom stereocenters. The number of pyridine rings is 1. The Morgan fingerprint density at radius 3 is 2.20 bits per heavy atom. The highest BCUT2D eigenvalue weighted by atomic mass is 14.8. The van der Waals surface area contributed by atoms with Gasteiger partial charge in [-0.15, -0.1) is 0 Å². The van der Waals surface area contributed by atoms with Gasteiger partial charge >= 0.3 is 0 Å². The normalized spacial score (nSPS) is 12.6. The van der Waals surface area contributed by atoms with Crippen molar-refractivity contribution in [3.8, 4) is 0 Å². The first-order chi connectivity index (χ1) is 9.65. The van der Waals surface area contributed by atoms with Gasteiger partial charge in [0.05, 0.1) is 5.69 Å². The summed E-state index contributed by atoms with van der Waals surface area (Å²) in [5.41, 5.74) is 9.79. The van der Waals surface area contributed by atoms with Gasteiger partial charge < -0.3 is 5.73 Å². The van der Waals surface area contributed by atoms with Crippen LogP contribution >= 0.6 is 0 Å². The molecule has 1 heterocycles. The first-order valence-corrected chi connectivity index (χ1v) is 8.34. The molecule has 0 spiro atoms. The molecule has 2 N–H and O–H groups in total. The first kappa shape index (κ1) is 17.2. The molecule has 0 fully saturated rings. The van der Waals surface area contributed by atoms with Crippen LogP contribution in [0.25, 0.3) is 0 Å². The summed E-state index contributed by atoms with van der Waals surface area (Å²) < 4.78 is 0. The topological polar surface area (TPSA) is 38.9 Å². The van der Waals surface area contributed by atoms with Crippen molar-refractivity contribution in [1.82, 2.24) is 4.98 Å². The Kier molecular flexibility index (Phi) is 8.52. The van der Waals surface area contributed by atoms with E-state index in [2.05, 4.69) is 31.8 Å². The lowest BCUT2D eigenvalue weighted by molar-refractivity contribution is 0.530. The summed E-state index contributed by atoms with van der Waals surface area (Å²) in [7, 11) is 0. The summed E-state index contributed by atoms with van der Waals surface area (Å²) in [6.07, 6.45) is 13.8. The second kappa shape index (κ2) is 9.93. The van der Waals surface area contributed by atoms with Crippen LogP contribution in [0.3, 0.4) is 0 Å². The molecular weight excluding hydrogens is 244 g/mol. The molecule has 0 saturated heterocycles. The van der Waals surface area contributed by atoms with Crippen LogP contribution in [0.15, 0.2) is 12.3 Å². The minimum atomic E-state index is 0.107. The van der Waals surface area contributed by atoms with Crippen LogP contribution in [-0.2, 0) is 0 Å². The Hall–Kier alpha value is -0.890. The van der Waals surface area contributed by atoms with Crippen molar-refractivity contribution >= 4 is 0 Å². The Labute approximate surface area is 125 Å². The minimum absolute atomic E-state index is 0.107. The van der Waals surface area contributed by atoms with E-state index in [0.717, 1.165) is 12.1 Å². The minimum Gasteiger partial charge on any atom is -0.323 e. The predicted molar refractivity (Wildman–Crippen MR) is 87.9 cm³/mol. The summed E-state index contributed by atoms with van der Waals surface area (Å²) in [6, 6.07) is 2.28. The lowest BCUT2D eigenvalue weighted by Crippen LogP contribution is -2.13. The molecule has 0 aliphatic carbocycles. The van der Waals surface area contributed by atoms with Gasteiger partial charge in [0, 0.05) is 12.2 Å². The molecule has 1 rings (SSSR count). The van der Waals surface area contributed by atoms with Gasteiger partial charge in [0.25, 0.3) is 0 Å². The summed E-state index contributed by atoms with van der Waals surface area (Å²) in [4.78, 5) is 4.50. The monoisotopic (exact) mass is 276 g/mol. The molecule has 1 aromatic rings. The third-order valence-corrected chi connectivity index (χ3v) is 3.98. The number of hydrogen-bond donors (Lipinski definition) is 1. The molecular formula is C18H32N2. The molecule has 20 heavy (non-hydrogen) atoms. The Bertz CT molecular complexity index is 374. The van der Waals surface area contributed by atoms with E-state index in [4.69, 9.17) is 5.73 Å². The van der Waals surface area contributed by atoms with Gasteiger partial charge in [0.1, 0.15) is 0 Å².